The van der Waals surface area contributed by atoms with Crippen LogP contribution < -0.4 is 10.1 Å². The fraction of sp³-hybridized carbons (Fsp3) is 0.385. The second-order valence-corrected chi connectivity index (χ2v) is 3.30. The molecule has 0 aliphatic rings. The third-order valence-electron chi connectivity index (χ3n) is 2.10. The minimum atomic E-state index is 0.319. The van der Waals surface area contributed by atoms with Crippen molar-refractivity contribution in [3.05, 3.63) is 36.1 Å². The molecule has 1 rings (SSSR count). The average Bonchev–Trinajstić information content (AvgIpc) is 2.40. The van der Waals surface area contributed by atoms with E-state index in [4.69, 9.17) is 14.6 Å². The lowest BCUT2D eigenvalue weighted by Crippen LogP contribution is -2.08. The van der Waals surface area contributed by atoms with E-state index in [1.807, 2.05) is 19.2 Å². The van der Waals surface area contributed by atoms with Gasteiger partial charge in [0, 0.05) is 0 Å². The molecule has 0 saturated heterocycles. The van der Waals surface area contributed by atoms with Crippen LogP contribution in [0.5, 0.6) is 5.75 Å². The molecule has 0 radical (unpaired) electrons. The predicted octanol–water partition coefficient (Wildman–Crippen LogP) is 1.74. The molecule has 0 amide bonds. The molecule has 4 nitrogen and oxygen atoms in total. The lowest BCUT2D eigenvalue weighted by molar-refractivity contribution is 0.414. The van der Waals surface area contributed by atoms with Crippen molar-refractivity contribution >= 4 is 5.94 Å². The number of ether oxygens (including phenoxy) is 1. The smallest absolute Gasteiger partial charge is 0.163 e. The van der Waals surface area contributed by atoms with E-state index in [1.54, 1.807) is 7.11 Å². The molecular formula is C13H19NO3. The summed E-state index contributed by atoms with van der Waals surface area (Å²) in [5, 5.41) is 10.5. The highest BCUT2D eigenvalue weighted by Crippen LogP contribution is 2.12. The Hall–Kier alpha value is -1.77. The Morgan fingerprint density at radius 1 is 1.41 bits per heavy atom. The molecule has 17 heavy (non-hydrogen) atoms. The van der Waals surface area contributed by atoms with Crippen LogP contribution in [0.4, 0.5) is 0 Å². The van der Waals surface area contributed by atoms with Gasteiger partial charge in [-0.05, 0) is 44.1 Å². The van der Waals surface area contributed by atoms with Crippen molar-refractivity contribution < 1.29 is 14.6 Å². The quantitative estimate of drug-likeness (QED) is 0.465. The van der Waals surface area contributed by atoms with Crippen molar-refractivity contribution in [1.82, 2.24) is 5.32 Å². The molecule has 0 aliphatic carbocycles. The fourth-order valence-corrected chi connectivity index (χ4v) is 1.26. The summed E-state index contributed by atoms with van der Waals surface area (Å²) < 4.78 is 5.08. The van der Waals surface area contributed by atoms with Crippen LogP contribution in [0.2, 0.25) is 0 Å². The minimum Gasteiger partial charge on any atom is -0.504 e. The van der Waals surface area contributed by atoms with E-state index in [0.717, 1.165) is 24.7 Å². The highest BCUT2D eigenvalue weighted by atomic mass is 16.5. The van der Waals surface area contributed by atoms with Gasteiger partial charge in [-0.25, -0.2) is 4.79 Å². The van der Waals surface area contributed by atoms with Gasteiger partial charge in [0.2, 0.25) is 0 Å². The minimum absolute atomic E-state index is 0.319. The number of carbonyl (C=O) groups excluding carboxylic acids is 1. The molecule has 0 heterocycles. The Kier molecular flexibility index (Phi) is 9.62. The van der Waals surface area contributed by atoms with Crippen LogP contribution in [0.3, 0.4) is 0 Å². The first-order valence-corrected chi connectivity index (χ1v) is 5.39. The number of hydrogen-bond donors (Lipinski definition) is 2. The van der Waals surface area contributed by atoms with E-state index < -0.39 is 0 Å². The van der Waals surface area contributed by atoms with Gasteiger partial charge < -0.3 is 15.2 Å². The van der Waals surface area contributed by atoms with Gasteiger partial charge in [-0.15, -0.1) is 0 Å². The second kappa shape index (κ2) is 10.7. The van der Waals surface area contributed by atoms with E-state index in [1.165, 1.54) is 12.0 Å². The number of benzene rings is 1. The molecule has 2 N–H and O–H groups in total. The maximum absolute atomic E-state index is 8.74. The molecule has 0 aromatic heterocycles. The monoisotopic (exact) mass is 237 g/mol. The third-order valence-corrected chi connectivity index (χ3v) is 2.10. The van der Waals surface area contributed by atoms with Crippen LogP contribution in [-0.2, 0) is 11.2 Å². The molecule has 0 fully saturated rings. The first-order chi connectivity index (χ1) is 8.28. The number of aliphatic hydroxyl groups is 1. The third kappa shape index (κ3) is 8.08. The number of methoxy groups -OCH3 is 1. The fourth-order valence-electron chi connectivity index (χ4n) is 1.26. The molecule has 1 aromatic rings. The Balaban J connectivity index is 0.000000557. The summed E-state index contributed by atoms with van der Waals surface area (Å²) in [7, 11) is 3.67. The van der Waals surface area contributed by atoms with Crippen LogP contribution >= 0.6 is 0 Å². The molecule has 0 spiro atoms. The summed E-state index contributed by atoms with van der Waals surface area (Å²) >= 11 is 0. The van der Waals surface area contributed by atoms with Crippen molar-refractivity contribution in [2.45, 2.75) is 12.8 Å². The van der Waals surface area contributed by atoms with Crippen LogP contribution in [0.25, 0.3) is 0 Å². The van der Waals surface area contributed by atoms with Gasteiger partial charge >= 0.3 is 0 Å². The van der Waals surface area contributed by atoms with Gasteiger partial charge in [-0.3, -0.25) is 0 Å². The van der Waals surface area contributed by atoms with Crippen molar-refractivity contribution in [3.8, 4) is 5.75 Å². The summed E-state index contributed by atoms with van der Waals surface area (Å²) in [5.74, 6) is 2.04. The molecule has 0 atom stereocenters. The number of aliphatic hydroxyl groups excluding tert-OH is 1. The van der Waals surface area contributed by atoms with E-state index in [2.05, 4.69) is 17.4 Å². The zero-order valence-electron chi connectivity index (χ0n) is 10.3. The van der Waals surface area contributed by atoms with E-state index >= 15 is 0 Å². The number of rotatable bonds is 5. The van der Waals surface area contributed by atoms with Crippen LogP contribution in [0.15, 0.2) is 30.5 Å². The first kappa shape index (κ1) is 15.2. The standard InChI is InChI=1S/C11H17NO.C2H2O2/c1-12-9-3-4-10-5-7-11(13-2)8-6-10;3-1-2-4/h5-8,12H,3-4,9H2,1-2H3;1,3H. The largest absolute Gasteiger partial charge is 0.504 e. The van der Waals surface area contributed by atoms with E-state index in [-0.39, 0.29) is 0 Å². The molecule has 0 saturated carbocycles. The molecule has 1 aromatic carbocycles. The normalized spacial score (nSPS) is 8.59. The molecular weight excluding hydrogens is 218 g/mol. The molecule has 0 aliphatic heterocycles. The maximum Gasteiger partial charge on any atom is 0.163 e. The summed E-state index contributed by atoms with van der Waals surface area (Å²) in [6.45, 7) is 1.08. The molecule has 0 unspecified atom stereocenters. The maximum atomic E-state index is 8.74. The summed E-state index contributed by atoms with van der Waals surface area (Å²) in [5.41, 5.74) is 1.37. The van der Waals surface area contributed by atoms with Crippen molar-refractivity contribution in [3.63, 3.8) is 0 Å². The van der Waals surface area contributed by atoms with Crippen LogP contribution in [0.1, 0.15) is 12.0 Å². The first-order valence-electron chi connectivity index (χ1n) is 5.39. The lowest BCUT2D eigenvalue weighted by Gasteiger charge is -2.02. The van der Waals surface area contributed by atoms with Gasteiger partial charge in [0.15, 0.2) is 12.2 Å². The van der Waals surface area contributed by atoms with Gasteiger partial charge in [-0.2, -0.15) is 0 Å². The Morgan fingerprint density at radius 3 is 2.41 bits per heavy atom. The zero-order chi connectivity index (χ0) is 12.9. The highest BCUT2D eigenvalue weighted by molar-refractivity contribution is 5.41. The number of hydrogen-bond acceptors (Lipinski definition) is 4. The van der Waals surface area contributed by atoms with Gasteiger partial charge in [-0.1, -0.05) is 12.1 Å². The van der Waals surface area contributed by atoms with Gasteiger partial charge in [0.25, 0.3) is 0 Å². The van der Waals surface area contributed by atoms with Crippen LogP contribution in [0, 0.1) is 0 Å². The SMILES string of the molecule is CNCCCc1ccc(OC)cc1.O=C=CO. The topological polar surface area (TPSA) is 58.6 Å². The summed E-state index contributed by atoms with van der Waals surface area (Å²) in [6, 6.07) is 8.26. The Labute approximate surface area is 102 Å². The van der Waals surface area contributed by atoms with Gasteiger partial charge in [0.1, 0.15) is 5.75 Å². The van der Waals surface area contributed by atoms with Crippen molar-refractivity contribution in [2.75, 3.05) is 20.7 Å². The predicted molar refractivity (Wildman–Crippen MR) is 68.1 cm³/mol. The van der Waals surface area contributed by atoms with Crippen molar-refractivity contribution in [1.29, 1.82) is 0 Å². The zero-order valence-corrected chi connectivity index (χ0v) is 10.3. The Bertz CT molecular complexity index is 329. The molecule has 0 bridgehead atoms. The molecule has 94 valence electrons. The number of nitrogens with one attached hydrogen (secondary N) is 1. The van der Waals surface area contributed by atoms with Gasteiger partial charge in [0.05, 0.1) is 7.11 Å². The average molecular weight is 237 g/mol. The van der Waals surface area contributed by atoms with Crippen LogP contribution in [-0.4, -0.2) is 31.8 Å². The summed E-state index contributed by atoms with van der Waals surface area (Å²) in [4.78, 5) is 8.74. The Morgan fingerprint density at radius 2 is 2.00 bits per heavy atom. The van der Waals surface area contributed by atoms with Crippen molar-refractivity contribution in [2.24, 2.45) is 0 Å². The second-order valence-electron chi connectivity index (χ2n) is 3.30. The summed E-state index contributed by atoms with van der Waals surface area (Å²) in [6.07, 6.45) is 2.63. The molecule has 4 heteroatoms. The highest BCUT2D eigenvalue weighted by Gasteiger charge is 1.93. The number of aryl methyl sites for hydroxylation is 1. The van der Waals surface area contributed by atoms with E-state index in [9.17, 15) is 0 Å². The van der Waals surface area contributed by atoms with E-state index in [0.29, 0.717) is 6.26 Å². The lowest BCUT2D eigenvalue weighted by atomic mass is 10.1.